The van der Waals surface area contributed by atoms with Gasteiger partial charge in [0.1, 0.15) is 5.97 Å². The third-order valence-electron chi connectivity index (χ3n) is 2.18. The van der Waals surface area contributed by atoms with Gasteiger partial charge < -0.3 is 25.1 Å². The Balaban J connectivity index is 3.20. The highest BCUT2D eigenvalue weighted by atomic mass is 16.5. The van der Waals surface area contributed by atoms with Gasteiger partial charge in [-0.3, -0.25) is 0 Å². The average molecular weight is 225 g/mol. The van der Waals surface area contributed by atoms with Gasteiger partial charge in [-0.05, 0) is 19.1 Å². The first-order valence-corrected chi connectivity index (χ1v) is 4.95. The van der Waals surface area contributed by atoms with E-state index in [1.807, 2.05) is 6.92 Å². The first-order chi connectivity index (χ1) is 7.61. The molecule has 5 nitrogen and oxygen atoms in total. The average Bonchev–Trinajstić information content (AvgIpc) is 2.28. The number of rotatable bonds is 5. The number of carbonyl (C=O) groups is 1. The summed E-state index contributed by atoms with van der Waals surface area (Å²) in [4.78, 5) is 10.8. The lowest BCUT2D eigenvalue weighted by Crippen LogP contribution is -2.61. The number of aliphatic carboxylic acids is 1. The van der Waals surface area contributed by atoms with Crippen molar-refractivity contribution in [3.05, 3.63) is 23.8 Å². The summed E-state index contributed by atoms with van der Waals surface area (Å²) in [6.07, 6.45) is 0. The maximum Gasteiger partial charge on any atom is 0.170 e. The molecule has 0 amide bonds. The second-order valence-electron chi connectivity index (χ2n) is 3.18. The summed E-state index contributed by atoms with van der Waals surface area (Å²) in [5.74, 6) is -0.333. The summed E-state index contributed by atoms with van der Waals surface area (Å²) in [6.45, 7) is 2.24. The summed E-state index contributed by atoms with van der Waals surface area (Å²) in [5.41, 5.74) is 3.99. The molecular weight excluding hydrogens is 210 g/mol. The Morgan fingerprint density at radius 3 is 2.75 bits per heavy atom. The normalized spacial score (nSPS) is 11.9. The highest BCUT2D eigenvalue weighted by Crippen LogP contribution is 2.33. The zero-order valence-corrected chi connectivity index (χ0v) is 9.36. The number of para-hydroxylation sites is 1. The molecule has 0 aromatic heterocycles. The van der Waals surface area contributed by atoms with E-state index in [1.54, 1.807) is 18.2 Å². The van der Waals surface area contributed by atoms with Crippen LogP contribution in [0.3, 0.4) is 0 Å². The molecule has 1 rings (SSSR count). The number of hydrogen-bond acceptors (Lipinski definition) is 4. The molecule has 0 aliphatic carbocycles. The Labute approximate surface area is 93.8 Å². The molecule has 3 N–H and O–H groups in total. The zero-order chi connectivity index (χ0) is 12.1. The van der Waals surface area contributed by atoms with Gasteiger partial charge >= 0.3 is 0 Å². The Hall–Kier alpha value is -1.75. The summed E-state index contributed by atoms with van der Waals surface area (Å²) in [7, 11) is 1.50. The van der Waals surface area contributed by atoms with Gasteiger partial charge in [0.15, 0.2) is 17.5 Å². The van der Waals surface area contributed by atoms with E-state index in [-0.39, 0.29) is 0 Å². The van der Waals surface area contributed by atoms with Crippen LogP contribution in [0, 0.1) is 0 Å². The van der Waals surface area contributed by atoms with Gasteiger partial charge in [-0.15, -0.1) is 0 Å². The Morgan fingerprint density at radius 1 is 1.56 bits per heavy atom. The van der Waals surface area contributed by atoms with Crippen molar-refractivity contribution in [1.82, 2.24) is 0 Å². The highest BCUT2D eigenvalue weighted by Gasteiger charge is 2.19. The molecule has 0 aliphatic rings. The van der Waals surface area contributed by atoms with Gasteiger partial charge in [0.2, 0.25) is 0 Å². The van der Waals surface area contributed by atoms with Gasteiger partial charge in [-0.2, -0.15) is 0 Å². The standard InChI is InChI=1S/C11H15NO4/c1-3-16-10-7(9(12)11(13)14)5-4-6-8(10)15-2/h4-6,9H,3,12H2,1-2H3,(H,13,14)/t9-/m1/s1. The molecular formula is C11H15NO4. The molecule has 16 heavy (non-hydrogen) atoms. The topological polar surface area (TPSA) is 86.2 Å². The molecule has 5 heteroatoms. The van der Waals surface area contributed by atoms with Crippen molar-refractivity contribution >= 4 is 5.97 Å². The van der Waals surface area contributed by atoms with Crippen molar-refractivity contribution in [3.63, 3.8) is 0 Å². The molecule has 0 fully saturated rings. The minimum Gasteiger partial charge on any atom is -0.544 e. The van der Waals surface area contributed by atoms with E-state index in [1.165, 1.54) is 7.11 Å². The van der Waals surface area contributed by atoms with Crippen LogP contribution >= 0.6 is 0 Å². The number of benzene rings is 1. The van der Waals surface area contributed by atoms with Crippen LogP contribution in [-0.2, 0) is 4.79 Å². The van der Waals surface area contributed by atoms with E-state index >= 15 is 0 Å². The first-order valence-electron chi connectivity index (χ1n) is 4.95. The molecule has 0 saturated heterocycles. The van der Waals surface area contributed by atoms with Crippen molar-refractivity contribution < 1.29 is 25.1 Å². The van der Waals surface area contributed by atoms with Gasteiger partial charge in [0.05, 0.1) is 19.3 Å². The lowest BCUT2D eigenvalue weighted by atomic mass is 10.1. The quantitative estimate of drug-likeness (QED) is 0.705. The summed E-state index contributed by atoms with van der Waals surface area (Å²) in [5, 5.41) is 10.8. The smallest absolute Gasteiger partial charge is 0.170 e. The van der Waals surface area contributed by atoms with E-state index in [2.05, 4.69) is 5.73 Å². The molecule has 0 aliphatic heterocycles. The Kier molecular flexibility index (Phi) is 4.13. The van der Waals surface area contributed by atoms with Gasteiger partial charge in [-0.1, -0.05) is 6.07 Å². The van der Waals surface area contributed by atoms with Crippen LogP contribution < -0.4 is 20.3 Å². The van der Waals surface area contributed by atoms with Gasteiger partial charge in [-0.25, -0.2) is 0 Å². The van der Waals surface area contributed by atoms with Gasteiger partial charge in [0, 0.05) is 0 Å². The largest absolute Gasteiger partial charge is 0.544 e. The molecule has 0 radical (unpaired) electrons. The molecule has 1 aromatic rings. The SMILES string of the molecule is CCOc1c(OC)cccc1[C@@H]([NH3+])C(=O)[O-]. The fourth-order valence-electron chi connectivity index (χ4n) is 1.39. The highest BCUT2D eigenvalue weighted by molar-refractivity contribution is 5.73. The van der Waals surface area contributed by atoms with Crippen LogP contribution in [0.25, 0.3) is 0 Å². The second-order valence-corrected chi connectivity index (χ2v) is 3.18. The fraction of sp³-hybridized carbons (Fsp3) is 0.364. The number of carbonyl (C=O) groups excluding carboxylic acids is 1. The summed E-state index contributed by atoms with van der Waals surface area (Å²) < 4.78 is 10.5. The molecule has 1 aromatic carbocycles. The molecule has 88 valence electrons. The monoisotopic (exact) mass is 225 g/mol. The van der Waals surface area contributed by atoms with Crippen LogP contribution in [0.5, 0.6) is 11.5 Å². The van der Waals surface area contributed by atoms with Crippen LogP contribution in [0.2, 0.25) is 0 Å². The minimum absolute atomic E-state index is 0.414. The first kappa shape index (κ1) is 12.3. The maximum atomic E-state index is 10.8. The van der Waals surface area contributed by atoms with E-state index in [0.717, 1.165) is 0 Å². The predicted molar refractivity (Wildman–Crippen MR) is 54.8 cm³/mol. The number of hydrogen-bond donors (Lipinski definition) is 1. The Bertz CT molecular complexity index is 378. The van der Waals surface area contributed by atoms with Crippen LogP contribution in [0.15, 0.2) is 18.2 Å². The van der Waals surface area contributed by atoms with E-state index in [0.29, 0.717) is 23.7 Å². The Morgan fingerprint density at radius 2 is 2.25 bits per heavy atom. The third-order valence-corrected chi connectivity index (χ3v) is 2.18. The summed E-state index contributed by atoms with van der Waals surface area (Å²) >= 11 is 0. The van der Waals surface area contributed by atoms with Crippen molar-refractivity contribution in [2.24, 2.45) is 0 Å². The second kappa shape index (κ2) is 5.37. The molecule has 1 atom stereocenters. The van der Waals surface area contributed by atoms with Crippen LogP contribution in [0.4, 0.5) is 0 Å². The van der Waals surface area contributed by atoms with E-state index in [4.69, 9.17) is 9.47 Å². The van der Waals surface area contributed by atoms with Crippen LogP contribution in [-0.4, -0.2) is 19.7 Å². The fourth-order valence-corrected chi connectivity index (χ4v) is 1.39. The van der Waals surface area contributed by atoms with Crippen molar-refractivity contribution in [2.45, 2.75) is 13.0 Å². The number of methoxy groups -OCH3 is 1. The number of quaternary nitrogens is 1. The third kappa shape index (κ3) is 2.43. The summed E-state index contributed by atoms with van der Waals surface area (Å²) in [6, 6.07) is 4.06. The molecule has 0 saturated carbocycles. The predicted octanol–water partition coefficient (Wildman–Crippen LogP) is -0.873. The minimum atomic E-state index is -1.24. The number of carboxylic acid groups (broad SMARTS) is 1. The number of ether oxygens (including phenoxy) is 2. The molecule has 0 bridgehead atoms. The molecule has 0 heterocycles. The maximum absolute atomic E-state index is 10.8. The molecule has 0 unspecified atom stereocenters. The van der Waals surface area contributed by atoms with Crippen molar-refractivity contribution in [2.75, 3.05) is 13.7 Å². The van der Waals surface area contributed by atoms with E-state index in [9.17, 15) is 9.90 Å². The zero-order valence-electron chi connectivity index (χ0n) is 9.36. The van der Waals surface area contributed by atoms with Gasteiger partial charge in [0.25, 0.3) is 0 Å². The van der Waals surface area contributed by atoms with E-state index < -0.39 is 12.0 Å². The lowest BCUT2D eigenvalue weighted by Gasteiger charge is -2.17. The lowest BCUT2D eigenvalue weighted by molar-refractivity contribution is -0.443. The van der Waals surface area contributed by atoms with Crippen LogP contribution in [0.1, 0.15) is 18.5 Å². The van der Waals surface area contributed by atoms with Crippen molar-refractivity contribution in [1.29, 1.82) is 0 Å². The molecule has 0 spiro atoms. The number of carboxylic acids is 1. The van der Waals surface area contributed by atoms with Crippen molar-refractivity contribution in [3.8, 4) is 11.5 Å².